The topological polar surface area (TPSA) is 75.6 Å². The maximum Gasteiger partial charge on any atom is 0.306 e. The number of carboxylic acid groups (broad SMARTS) is 1. The maximum absolute atomic E-state index is 11.7. The highest BCUT2D eigenvalue weighted by Gasteiger charge is 2.16. The summed E-state index contributed by atoms with van der Waals surface area (Å²) in [7, 11) is 1.59. The number of carboxylic acids is 1. The Morgan fingerprint density at radius 2 is 1.95 bits per heavy atom. The Kier molecular flexibility index (Phi) is 4.92. The van der Waals surface area contributed by atoms with E-state index in [0.29, 0.717) is 5.69 Å². The highest BCUT2D eigenvalue weighted by Crippen LogP contribution is 2.27. The smallest absolute Gasteiger partial charge is 0.306 e. The van der Waals surface area contributed by atoms with Gasteiger partial charge in [0.2, 0.25) is 5.91 Å². The van der Waals surface area contributed by atoms with Crippen molar-refractivity contribution in [3.8, 4) is 5.75 Å². The molecule has 1 atom stereocenters. The lowest BCUT2D eigenvalue weighted by atomic mass is 10.1. The van der Waals surface area contributed by atoms with E-state index < -0.39 is 11.9 Å². The van der Waals surface area contributed by atoms with Crippen molar-refractivity contribution in [3.05, 3.63) is 23.3 Å². The van der Waals surface area contributed by atoms with Crippen LogP contribution in [0.25, 0.3) is 0 Å². The van der Waals surface area contributed by atoms with Crippen LogP contribution >= 0.6 is 0 Å². The molecule has 1 rings (SSSR count). The van der Waals surface area contributed by atoms with E-state index in [1.165, 1.54) is 6.92 Å². The first-order chi connectivity index (χ1) is 8.86. The van der Waals surface area contributed by atoms with Crippen LogP contribution in [0.4, 0.5) is 5.69 Å². The lowest BCUT2D eigenvalue weighted by Gasteiger charge is -2.14. The number of hydrogen-bond donors (Lipinski definition) is 2. The minimum absolute atomic E-state index is 0.0418. The molecule has 0 saturated carbocycles. The molecule has 5 heteroatoms. The lowest BCUT2D eigenvalue weighted by molar-refractivity contribution is -0.142. The van der Waals surface area contributed by atoms with Gasteiger partial charge in [-0.2, -0.15) is 0 Å². The Morgan fingerprint density at radius 3 is 2.47 bits per heavy atom. The number of aliphatic carboxylic acids is 1. The van der Waals surface area contributed by atoms with E-state index in [0.717, 1.165) is 16.9 Å². The molecule has 0 bridgehead atoms. The van der Waals surface area contributed by atoms with Gasteiger partial charge in [-0.1, -0.05) is 6.92 Å². The van der Waals surface area contributed by atoms with Crippen molar-refractivity contribution < 1.29 is 19.4 Å². The summed E-state index contributed by atoms with van der Waals surface area (Å²) in [4.78, 5) is 22.4. The van der Waals surface area contributed by atoms with Gasteiger partial charge in [-0.25, -0.2) is 0 Å². The fraction of sp³-hybridized carbons (Fsp3) is 0.429. The van der Waals surface area contributed by atoms with Gasteiger partial charge in [-0.15, -0.1) is 0 Å². The van der Waals surface area contributed by atoms with E-state index >= 15 is 0 Å². The fourth-order valence-electron chi connectivity index (χ4n) is 1.72. The summed E-state index contributed by atoms with van der Waals surface area (Å²) in [6, 6.07) is 3.53. The van der Waals surface area contributed by atoms with Crippen LogP contribution < -0.4 is 10.1 Å². The molecule has 104 valence electrons. The van der Waals surface area contributed by atoms with Gasteiger partial charge in [0.15, 0.2) is 0 Å². The van der Waals surface area contributed by atoms with E-state index in [4.69, 9.17) is 9.84 Å². The molecule has 2 N–H and O–H groups in total. The average molecular weight is 265 g/mol. The number of ether oxygens (including phenoxy) is 1. The monoisotopic (exact) mass is 265 g/mol. The zero-order chi connectivity index (χ0) is 14.6. The first-order valence-electron chi connectivity index (χ1n) is 6.03. The molecule has 0 fully saturated rings. The molecule has 0 aromatic heterocycles. The molecule has 1 unspecified atom stereocenters. The van der Waals surface area contributed by atoms with Crippen molar-refractivity contribution in [3.63, 3.8) is 0 Å². The summed E-state index contributed by atoms with van der Waals surface area (Å²) in [6.07, 6.45) is -0.0418. The van der Waals surface area contributed by atoms with Crippen LogP contribution in [-0.2, 0) is 9.59 Å². The van der Waals surface area contributed by atoms with E-state index in [1.54, 1.807) is 19.2 Å². The summed E-state index contributed by atoms with van der Waals surface area (Å²) in [6.45, 7) is 5.30. The number of carbonyl (C=O) groups excluding carboxylic acids is 1. The summed E-state index contributed by atoms with van der Waals surface area (Å²) in [5.41, 5.74) is 2.54. The van der Waals surface area contributed by atoms with Gasteiger partial charge in [0, 0.05) is 12.1 Å². The van der Waals surface area contributed by atoms with Crippen LogP contribution in [0.2, 0.25) is 0 Å². The van der Waals surface area contributed by atoms with Gasteiger partial charge in [-0.3, -0.25) is 9.59 Å². The molecule has 1 amide bonds. The van der Waals surface area contributed by atoms with E-state index in [-0.39, 0.29) is 12.3 Å². The van der Waals surface area contributed by atoms with Crippen LogP contribution in [0.3, 0.4) is 0 Å². The van der Waals surface area contributed by atoms with Crippen LogP contribution in [0, 0.1) is 19.8 Å². The summed E-state index contributed by atoms with van der Waals surface area (Å²) >= 11 is 0. The van der Waals surface area contributed by atoms with Crippen LogP contribution in [-0.4, -0.2) is 24.1 Å². The molecule has 0 spiro atoms. The number of rotatable bonds is 5. The van der Waals surface area contributed by atoms with Crippen molar-refractivity contribution >= 4 is 17.6 Å². The second-order valence-electron chi connectivity index (χ2n) is 4.56. The molecule has 0 aliphatic carbocycles. The minimum Gasteiger partial charge on any atom is -0.496 e. The molecule has 0 heterocycles. The molecule has 0 radical (unpaired) electrons. The molecule has 5 nitrogen and oxygen atoms in total. The highest BCUT2D eigenvalue weighted by molar-refractivity contribution is 5.93. The largest absolute Gasteiger partial charge is 0.496 e. The van der Waals surface area contributed by atoms with Gasteiger partial charge in [-0.05, 0) is 37.1 Å². The molecule has 0 saturated heterocycles. The standard InChI is InChI=1S/C14H19NO4/c1-8(14(17)18)7-13(16)15-11-5-6-12(19-4)10(3)9(11)2/h5-6,8H,7H2,1-4H3,(H,15,16)(H,17,18). The zero-order valence-corrected chi connectivity index (χ0v) is 11.6. The van der Waals surface area contributed by atoms with Gasteiger partial charge < -0.3 is 15.2 Å². The van der Waals surface area contributed by atoms with Crippen LogP contribution in [0.15, 0.2) is 12.1 Å². The second kappa shape index (κ2) is 6.22. The fourth-order valence-corrected chi connectivity index (χ4v) is 1.72. The van der Waals surface area contributed by atoms with Crippen molar-refractivity contribution in [1.29, 1.82) is 0 Å². The Balaban J connectivity index is 2.81. The van der Waals surface area contributed by atoms with Gasteiger partial charge in [0.05, 0.1) is 13.0 Å². The predicted molar refractivity (Wildman–Crippen MR) is 72.5 cm³/mol. The summed E-state index contributed by atoms with van der Waals surface area (Å²) in [5.74, 6) is -1.21. The van der Waals surface area contributed by atoms with Crippen molar-refractivity contribution in [2.75, 3.05) is 12.4 Å². The Labute approximate surface area is 112 Å². The Hall–Kier alpha value is -2.04. The molecule has 19 heavy (non-hydrogen) atoms. The first-order valence-corrected chi connectivity index (χ1v) is 6.03. The molecule has 1 aromatic carbocycles. The SMILES string of the molecule is COc1ccc(NC(=O)CC(C)C(=O)O)c(C)c1C. The van der Waals surface area contributed by atoms with Gasteiger partial charge in [0.25, 0.3) is 0 Å². The third-order valence-corrected chi connectivity index (χ3v) is 3.14. The molecule has 0 aliphatic heterocycles. The number of nitrogens with one attached hydrogen (secondary N) is 1. The molecular formula is C14H19NO4. The van der Waals surface area contributed by atoms with Crippen molar-refractivity contribution in [2.24, 2.45) is 5.92 Å². The highest BCUT2D eigenvalue weighted by atomic mass is 16.5. The van der Waals surface area contributed by atoms with Crippen molar-refractivity contribution in [1.82, 2.24) is 0 Å². The Morgan fingerprint density at radius 1 is 1.32 bits per heavy atom. The molecular weight excluding hydrogens is 246 g/mol. The second-order valence-corrected chi connectivity index (χ2v) is 4.56. The lowest BCUT2D eigenvalue weighted by Crippen LogP contribution is -2.20. The third kappa shape index (κ3) is 3.71. The van der Waals surface area contributed by atoms with Crippen LogP contribution in [0.5, 0.6) is 5.75 Å². The van der Waals surface area contributed by atoms with Gasteiger partial charge in [0.1, 0.15) is 5.75 Å². The molecule has 1 aromatic rings. The van der Waals surface area contributed by atoms with E-state index in [2.05, 4.69) is 5.32 Å². The Bertz CT molecular complexity index is 496. The average Bonchev–Trinajstić information content (AvgIpc) is 2.35. The summed E-state index contributed by atoms with van der Waals surface area (Å²) < 4.78 is 5.19. The van der Waals surface area contributed by atoms with Crippen LogP contribution in [0.1, 0.15) is 24.5 Å². The number of amides is 1. The number of benzene rings is 1. The minimum atomic E-state index is -0.974. The van der Waals surface area contributed by atoms with Gasteiger partial charge >= 0.3 is 5.97 Å². The van der Waals surface area contributed by atoms with E-state index in [1.807, 2.05) is 13.8 Å². The number of hydrogen-bond acceptors (Lipinski definition) is 3. The maximum atomic E-state index is 11.7. The number of carbonyl (C=O) groups is 2. The number of methoxy groups -OCH3 is 1. The normalized spacial score (nSPS) is 11.8. The first kappa shape index (κ1) is 15.0. The predicted octanol–water partition coefficient (Wildman–Crippen LogP) is 2.36. The summed E-state index contributed by atoms with van der Waals surface area (Å²) in [5, 5.41) is 11.5. The quantitative estimate of drug-likeness (QED) is 0.857. The third-order valence-electron chi connectivity index (χ3n) is 3.14. The van der Waals surface area contributed by atoms with E-state index in [9.17, 15) is 9.59 Å². The van der Waals surface area contributed by atoms with Crippen molar-refractivity contribution in [2.45, 2.75) is 27.2 Å². The molecule has 0 aliphatic rings. The number of anilines is 1. The zero-order valence-electron chi connectivity index (χ0n) is 11.6.